The molecule has 1 aromatic heterocycles. The van der Waals surface area contributed by atoms with Crippen molar-refractivity contribution in [2.24, 2.45) is 5.10 Å². The van der Waals surface area contributed by atoms with Gasteiger partial charge >= 0.3 is 5.97 Å². The maximum atomic E-state index is 13.3. The summed E-state index contributed by atoms with van der Waals surface area (Å²) in [5, 5.41) is 4.93. The van der Waals surface area contributed by atoms with Crippen molar-refractivity contribution in [1.82, 2.24) is 9.66 Å². The molecule has 0 amide bonds. The second-order valence-corrected chi connectivity index (χ2v) is 9.49. The molecule has 3 aromatic rings. The molecule has 32 heavy (non-hydrogen) atoms. The average Bonchev–Trinajstić information content (AvgIpc) is 2.71. The minimum absolute atomic E-state index is 0.217. The average molecular weight is 500 g/mol. The minimum atomic E-state index is -0.456. The number of carbonyl (C=O) groups excluding carboxylic acids is 1. The van der Waals surface area contributed by atoms with Gasteiger partial charge in [-0.3, -0.25) is 4.79 Å². The summed E-state index contributed by atoms with van der Waals surface area (Å²) >= 11 is 3.41. The Morgan fingerprint density at radius 2 is 1.94 bits per heavy atom. The Morgan fingerprint density at radius 3 is 2.62 bits per heavy atom. The summed E-state index contributed by atoms with van der Waals surface area (Å²) in [5.41, 5.74) is 0.540. The molecule has 8 heteroatoms. The van der Waals surface area contributed by atoms with Crippen LogP contribution in [-0.2, 0) is 14.9 Å². The van der Waals surface area contributed by atoms with Crippen LogP contribution in [0.1, 0.15) is 46.0 Å². The Hall–Kier alpha value is -3.00. The van der Waals surface area contributed by atoms with Crippen molar-refractivity contribution in [1.29, 1.82) is 0 Å². The third-order valence-corrected chi connectivity index (χ3v) is 4.92. The second-order valence-electron chi connectivity index (χ2n) is 8.57. The van der Waals surface area contributed by atoms with Crippen LogP contribution in [0.5, 0.6) is 5.75 Å². The molecule has 0 aliphatic rings. The molecule has 0 aliphatic heterocycles. The lowest BCUT2D eigenvalue weighted by Gasteiger charge is -2.21. The normalized spacial score (nSPS) is 12.0. The lowest BCUT2D eigenvalue weighted by molar-refractivity contribution is -0.149. The molecule has 1 heterocycles. The molecule has 0 N–H and O–H groups in total. The van der Waals surface area contributed by atoms with Gasteiger partial charge in [0.05, 0.1) is 23.2 Å². The zero-order valence-electron chi connectivity index (χ0n) is 18.8. The summed E-state index contributed by atoms with van der Waals surface area (Å²) in [7, 11) is 0. The first-order valence-electron chi connectivity index (χ1n) is 10.2. The molecule has 7 nitrogen and oxygen atoms in total. The molecule has 0 aliphatic carbocycles. The highest BCUT2D eigenvalue weighted by Crippen LogP contribution is 2.23. The lowest BCUT2D eigenvalue weighted by Crippen LogP contribution is -2.29. The highest BCUT2D eigenvalue weighted by molar-refractivity contribution is 9.10. The highest BCUT2D eigenvalue weighted by Gasteiger charge is 2.23. The van der Waals surface area contributed by atoms with E-state index in [1.54, 1.807) is 38.1 Å². The summed E-state index contributed by atoms with van der Waals surface area (Å²) in [6.45, 7) is 9.26. The molecule has 3 rings (SSSR count). The van der Waals surface area contributed by atoms with Gasteiger partial charge in [0.25, 0.3) is 5.56 Å². The van der Waals surface area contributed by atoms with Crippen LogP contribution in [0.4, 0.5) is 0 Å². The summed E-state index contributed by atoms with van der Waals surface area (Å²) in [5.74, 6) is 0.536. The first-order chi connectivity index (χ1) is 15.1. The van der Waals surface area contributed by atoms with E-state index in [0.29, 0.717) is 28.0 Å². The molecule has 0 radical (unpaired) electrons. The fraction of sp³-hybridized carbons (Fsp3) is 0.333. The Balaban J connectivity index is 2.01. The molecule has 2 aromatic carbocycles. The second kappa shape index (κ2) is 9.65. The van der Waals surface area contributed by atoms with E-state index in [0.717, 1.165) is 4.47 Å². The summed E-state index contributed by atoms with van der Waals surface area (Å²) in [6.07, 6.45) is 1.32. The summed E-state index contributed by atoms with van der Waals surface area (Å²) in [4.78, 5) is 29.8. The van der Waals surface area contributed by atoms with Crippen LogP contribution in [0, 0.1) is 0 Å². The highest BCUT2D eigenvalue weighted by atomic mass is 79.9. The summed E-state index contributed by atoms with van der Waals surface area (Å²) < 4.78 is 12.8. The Bertz CT molecular complexity index is 1230. The van der Waals surface area contributed by atoms with Crippen LogP contribution < -0.4 is 10.3 Å². The van der Waals surface area contributed by atoms with E-state index < -0.39 is 11.4 Å². The third kappa shape index (κ3) is 5.62. The molecule has 0 bridgehead atoms. The number of hydrogen-bond donors (Lipinski definition) is 0. The van der Waals surface area contributed by atoms with E-state index in [-0.39, 0.29) is 18.3 Å². The Kier molecular flexibility index (Phi) is 7.13. The number of nitrogens with zero attached hydrogens (tertiary/aromatic N) is 3. The predicted octanol–water partition coefficient (Wildman–Crippen LogP) is 4.67. The van der Waals surface area contributed by atoms with Crippen LogP contribution in [0.25, 0.3) is 10.9 Å². The number of carbonyl (C=O) groups is 1. The van der Waals surface area contributed by atoms with Crippen molar-refractivity contribution in [3.8, 4) is 5.75 Å². The number of rotatable bonds is 6. The Labute approximate surface area is 195 Å². The van der Waals surface area contributed by atoms with Gasteiger partial charge in [-0.1, -0.05) is 48.8 Å². The van der Waals surface area contributed by atoms with Gasteiger partial charge in [0.2, 0.25) is 0 Å². The predicted molar refractivity (Wildman–Crippen MR) is 129 cm³/mol. The van der Waals surface area contributed by atoms with Gasteiger partial charge in [0, 0.05) is 15.5 Å². The van der Waals surface area contributed by atoms with E-state index in [2.05, 4.69) is 21.0 Å². The van der Waals surface area contributed by atoms with Gasteiger partial charge in [0.15, 0.2) is 6.61 Å². The lowest BCUT2D eigenvalue weighted by atomic mass is 9.95. The number of halogens is 1. The van der Waals surface area contributed by atoms with Crippen molar-refractivity contribution in [2.75, 3.05) is 6.61 Å². The van der Waals surface area contributed by atoms with Crippen molar-refractivity contribution >= 4 is 39.0 Å². The topological polar surface area (TPSA) is 82.8 Å². The van der Waals surface area contributed by atoms with Crippen LogP contribution in [0.3, 0.4) is 0 Å². The first kappa shape index (κ1) is 23.7. The van der Waals surface area contributed by atoms with Crippen LogP contribution in [0.15, 0.2) is 56.8 Å². The molecule has 0 saturated heterocycles. The van der Waals surface area contributed by atoms with E-state index in [4.69, 9.17) is 14.5 Å². The van der Waals surface area contributed by atoms with Crippen molar-refractivity contribution in [3.05, 3.63) is 68.7 Å². The first-order valence-corrected chi connectivity index (χ1v) is 11.0. The zero-order valence-corrected chi connectivity index (χ0v) is 20.3. The van der Waals surface area contributed by atoms with Crippen molar-refractivity contribution < 1.29 is 14.3 Å². The van der Waals surface area contributed by atoms with Crippen LogP contribution in [-0.4, -0.2) is 34.6 Å². The van der Waals surface area contributed by atoms with Crippen LogP contribution >= 0.6 is 15.9 Å². The van der Waals surface area contributed by atoms with Crippen molar-refractivity contribution in [2.45, 2.75) is 46.1 Å². The zero-order chi connectivity index (χ0) is 23.5. The Morgan fingerprint density at radius 1 is 1.22 bits per heavy atom. The van der Waals surface area contributed by atoms with E-state index in [1.807, 2.05) is 39.0 Å². The van der Waals surface area contributed by atoms with Gasteiger partial charge in [0.1, 0.15) is 11.6 Å². The quantitative estimate of drug-likeness (QED) is 0.363. The summed E-state index contributed by atoms with van der Waals surface area (Å²) in [6, 6.07) is 12.5. The molecule has 0 atom stereocenters. The van der Waals surface area contributed by atoms with Gasteiger partial charge in [-0.15, -0.1) is 0 Å². The van der Waals surface area contributed by atoms with E-state index in [1.165, 1.54) is 10.9 Å². The number of hydrogen-bond acceptors (Lipinski definition) is 6. The molecule has 168 valence electrons. The third-order valence-electron chi connectivity index (χ3n) is 4.42. The maximum Gasteiger partial charge on any atom is 0.344 e. The molecular weight excluding hydrogens is 474 g/mol. The minimum Gasteiger partial charge on any atom is -0.481 e. The smallest absolute Gasteiger partial charge is 0.344 e. The fourth-order valence-electron chi connectivity index (χ4n) is 3.01. The standard InChI is InChI=1S/C24H26BrN3O4/c1-15(2)32-21(29)14-31-20-9-7-6-8-16(20)13-26-28-22(30)18-12-17(25)10-11-19(18)27-23(28)24(3,4)5/h6-13,15H,14H2,1-5H3. The van der Waals surface area contributed by atoms with E-state index >= 15 is 0 Å². The van der Waals surface area contributed by atoms with Crippen LogP contribution in [0.2, 0.25) is 0 Å². The molecule has 0 fully saturated rings. The molecular formula is C24H26BrN3O4. The number of esters is 1. The molecule has 0 saturated carbocycles. The molecule has 0 spiro atoms. The van der Waals surface area contributed by atoms with Gasteiger partial charge in [-0.05, 0) is 44.2 Å². The molecule has 0 unspecified atom stereocenters. The number of benzene rings is 2. The number of ether oxygens (including phenoxy) is 2. The van der Waals surface area contributed by atoms with Gasteiger partial charge in [-0.2, -0.15) is 9.78 Å². The maximum absolute atomic E-state index is 13.3. The van der Waals surface area contributed by atoms with Gasteiger partial charge < -0.3 is 9.47 Å². The largest absolute Gasteiger partial charge is 0.481 e. The van der Waals surface area contributed by atoms with Gasteiger partial charge in [-0.25, -0.2) is 9.78 Å². The number of para-hydroxylation sites is 1. The fourth-order valence-corrected chi connectivity index (χ4v) is 3.37. The van der Waals surface area contributed by atoms with Crippen molar-refractivity contribution in [3.63, 3.8) is 0 Å². The number of fused-ring (bicyclic) bond motifs is 1. The monoisotopic (exact) mass is 499 g/mol. The van der Waals surface area contributed by atoms with E-state index in [9.17, 15) is 9.59 Å². The SMILES string of the molecule is CC(C)OC(=O)COc1ccccc1C=Nn1c(C(C)(C)C)nc2ccc(Br)cc2c1=O. The number of aromatic nitrogens is 2.